The number of carbonyl (C=O) groups excluding carboxylic acids is 1. The number of carbonyl (C=O) groups is 1. The van der Waals surface area contributed by atoms with Crippen molar-refractivity contribution < 1.29 is 13.7 Å². The fraction of sp³-hybridized carbons (Fsp3) is 0.900. The van der Waals surface area contributed by atoms with Gasteiger partial charge in [0.15, 0.2) is 10.2 Å². The van der Waals surface area contributed by atoms with E-state index in [0.717, 1.165) is 12.8 Å². The molecular formula is C10H19ClN2O3S. The summed E-state index contributed by atoms with van der Waals surface area (Å²) in [5, 5.41) is 2.81. The lowest BCUT2D eigenvalue weighted by Crippen LogP contribution is -2.45. The number of halogens is 1. The van der Waals surface area contributed by atoms with E-state index in [4.69, 9.17) is 15.4 Å². The number of rotatable bonds is 2. The highest BCUT2D eigenvalue weighted by atomic mass is 35.7. The predicted molar refractivity (Wildman–Crippen MR) is 68.0 cm³/mol. The molecule has 0 radical (unpaired) electrons. The average Bonchev–Trinajstić information content (AvgIpc) is 2.15. The zero-order valence-electron chi connectivity index (χ0n) is 10.4. The Morgan fingerprint density at radius 3 is 2.35 bits per heavy atom. The molecule has 1 N–H and O–H groups in total. The van der Waals surface area contributed by atoms with E-state index in [1.807, 2.05) is 20.8 Å². The van der Waals surface area contributed by atoms with Crippen LogP contribution in [-0.2, 0) is 14.9 Å². The van der Waals surface area contributed by atoms with E-state index in [-0.39, 0.29) is 6.04 Å². The summed E-state index contributed by atoms with van der Waals surface area (Å²) in [6.07, 6.45) is 1.07. The van der Waals surface area contributed by atoms with E-state index in [1.54, 1.807) is 4.31 Å². The third kappa shape index (κ3) is 5.70. The summed E-state index contributed by atoms with van der Waals surface area (Å²) in [4.78, 5) is 11.5. The van der Waals surface area contributed by atoms with Gasteiger partial charge in [-0.15, -0.1) is 0 Å². The molecule has 1 aliphatic rings. The van der Waals surface area contributed by atoms with Gasteiger partial charge in [-0.25, -0.2) is 13.3 Å². The number of nitrogens with zero attached hydrogens (tertiary/aromatic N) is 1. The number of hydrogen-bond donors (Lipinski definition) is 1. The van der Waals surface area contributed by atoms with Crippen LogP contribution in [0.3, 0.4) is 0 Å². The Morgan fingerprint density at radius 1 is 1.41 bits per heavy atom. The SMILES string of the molecule is CC(C)(C)OC(=O)NC1CCN(S(=O)Cl)CC1. The van der Waals surface area contributed by atoms with Crippen LogP contribution in [0.2, 0.25) is 0 Å². The van der Waals surface area contributed by atoms with Gasteiger partial charge < -0.3 is 10.1 Å². The largest absolute Gasteiger partial charge is 0.444 e. The highest BCUT2D eigenvalue weighted by Crippen LogP contribution is 2.14. The molecule has 0 bridgehead atoms. The van der Waals surface area contributed by atoms with Crippen LogP contribution >= 0.6 is 10.7 Å². The highest BCUT2D eigenvalue weighted by molar-refractivity contribution is 8.06. The highest BCUT2D eigenvalue weighted by Gasteiger charge is 2.25. The zero-order chi connectivity index (χ0) is 13.1. The lowest BCUT2D eigenvalue weighted by molar-refractivity contribution is 0.0490. The van der Waals surface area contributed by atoms with Crippen LogP contribution in [0.1, 0.15) is 33.6 Å². The molecule has 1 amide bonds. The first kappa shape index (κ1) is 14.7. The topological polar surface area (TPSA) is 58.6 Å². The molecule has 1 atom stereocenters. The zero-order valence-corrected chi connectivity index (χ0v) is 11.9. The van der Waals surface area contributed by atoms with Crippen LogP contribution < -0.4 is 5.32 Å². The summed E-state index contributed by atoms with van der Waals surface area (Å²) < 4.78 is 17.8. The van der Waals surface area contributed by atoms with Crippen molar-refractivity contribution in [2.45, 2.75) is 45.3 Å². The molecule has 1 rings (SSSR count). The summed E-state index contributed by atoms with van der Waals surface area (Å²) in [5.74, 6) is 0. The number of nitrogens with one attached hydrogen (secondary N) is 1. The maximum atomic E-state index is 11.5. The summed E-state index contributed by atoms with van der Waals surface area (Å²) >= 11 is 0. The fourth-order valence-electron chi connectivity index (χ4n) is 1.62. The first-order chi connectivity index (χ1) is 7.78. The average molecular weight is 283 g/mol. The molecule has 7 heteroatoms. The van der Waals surface area contributed by atoms with Gasteiger partial charge in [-0.3, -0.25) is 0 Å². The van der Waals surface area contributed by atoms with Gasteiger partial charge in [0, 0.05) is 29.8 Å². The Bertz CT molecular complexity index is 298. The molecule has 0 aromatic carbocycles. The van der Waals surface area contributed by atoms with E-state index in [0.29, 0.717) is 13.1 Å². The maximum absolute atomic E-state index is 11.5. The quantitative estimate of drug-likeness (QED) is 0.786. The number of hydrogen-bond acceptors (Lipinski definition) is 3. The van der Waals surface area contributed by atoms with Crippen molar-refractivity contribution in [1.82, 2.24) is 9.62 Å². The Morgan fingerprint density at radius 2 is 1.94 bits per heavy atom. The summed E-state index contributed by atoms with van der Waals surface area (Å²) in [7, 11) is 4.05. The fourth-order valence-corrected chi connectivity index (χ4v) is 2.53. The summed E-state index contributed by atoms with van der Waals surface area (Å²) in [6, 6.07) is 0.0707. The van der Waals surface area contributed by atoms with Gasteiger partial charge in [0.2, 0.25) is 0 Å². The minimum atomic E-state index is -1.43. The second-order valence-corrected chi connectivity index (χ2v) is 6.78. The van der Waals surface area contributed by atoms with Crippen LogP contribution in [0.5, 0.6) is 0 Å². The van der Waals surface area contributed by atoms with Crippen molar-refractivity contribution in [3.05, 3.63) is 0 Å². The van der Waals surface area contributed by atoms with Crippen molar-refractivity contribution >= 4 is 27.0 Å². The first-order valence-corrected chi connectivity index (χ1v) is 7.54. The molecule has 1 aliphatic heterocycles. The predicted octanol–water partition coefficient (Wildman–Crippen LogP) is 1.79. The lowest BCUT2D eigenvalue weighted by Gasteiger charge is -2.30. The van der Waals surface area contributed by atoms with Crippen molar-refractivity contribution in [3.63, 3.8) is 0 Å². The van der Waals surface area contributed by atoms with Gasteiger partial charge in [-0.05, 0) is 33.6 Å². The number of piperidine rings is 1. The normalized spacial score (nSPS) is 20.9. The van der Waals surface area contributed by atoms with Gasteiger partial charge >= 0.3 is 6.09 Å². The maximum Gasteiger partial charge on any atom is 0.407 e. The third-order valence-electron chi connectivity index (χ3n) is 2.38. The standard InChI is InChI=1S/C10H19ClN2O3S/c1-10(2,3)16-9(14)12-8-4-6-13(7-5-8)17(11)15/h8H,4-7H2,1-3H3,(H,12,14). The third-order valence-corrected chi connectivity index (χ3v) is 3.73. The van der Waals surface area contributed by atoms with E-state index in [2.05, 4.69) is 5.32 Å². The second kappa shape index (κ2) is 6.02. The van der Waals surface area contributed by atoms with Crippen molar-refractivity contribution in [2.75, 3.05) is 13.1 Å². The molecule has 5 nitrogen and oxygen atoms in total. The smallest absolute Gasteiger partial charge is 0.407 e. The van der Waals surface area contributed by atoms with Crippen molar-refractivity contribution in [3.8, 4) is 0 Å². The molecule has 17 heavy (non-hydrogen) atoms. The lowest BCUT2D eigenvalue weighted by atomic mass is 10.1. The Hall–Kier alpha value is -0.330. The number of amides is 1. The van der Waals surface area contributed by atoms with Crippen molar-refractivity contribution in [2.24, 2.45) is 0 Å². The Balaban J connectivity index is 2.31. The van der Waals surface area contributed by atoms with Crippen molar-refractivity contribution in [1.29, 1.82) is 0 Å². The molecule has 0 aliphatic carbocycles. The molecule has 0 saturated carbocycles. The van der Waals surface area contributed by atoms with E-state index >= 15 is 0 Å². The molecule has 1 heterocycles. The molecule has 1 saturated heterocycles. The Labute approximate surface area is 109 Å². The Kier molecular flexibility index (Phi) is 5.22. The van der Waals surface area contributed by atoms with Crippen LogP contribution in [0, 0.1) is 0 Å². The molecule has 1 fully saturated rings. The molecular weight excluding hydrogens is 264 g/mol. The monoisotopic (exact) mass is 282 g/mol. The molecule has 0 spiro atoms. The molecule has 0 aromatic rings. The van der Waals surface area contributed by atoms with Gasteiger partial charge in [0.25, 0.3) is 0 Å². The van der Waals surface area contributed by atoms with Crippen LogP contribution in [0.25, 0.3) is 0 Å². The van der Waals surface area contributed by atoms with E-state index < -0.39 is 21.9 Å². The van der Waals surface area contributed by atoms with Gasteiger partial charge in [0.05, 0.1) is 0 Å². The summed E-state index contributed by atoms with van der Waals surface area (Å²) in [6.45, 7) is 6.72. The van der Waals surface area contributed by atoms with E-state index in [1.165, 1.54) is 0 Å². The van der Waals surface area contributed by atoms with E-state index in [9.17, 15) is 9.00 Å². The molecule has 100 valence electrons. The molecule has 0 aromatic heterocycles. The van der Waals surface area contributed by atoms with Gasteiger partial charge in [0.1, 0.15) is 5.60 Å². The first-order valence-electron chi connectivity index (χ1n) is 5.60. The summed E-state index contributed by atoms with van der Waals surface area (Å²) in [5.41, 5.74) is -0.484. The minimum absolute atomic E-state index is 0.0707. The number of alkyl carbamates (subject to hydrolysis) is 1. The van der Waals surface area contributed by atoms with Crippen LogP contribution in [0.15, 0.2) is 0 Å². The van der Waals surface area contributed by atoms with Crippen LogP contribution in [0.4, 0.5) is 4.79 Å². The van der Waals surface area contributed by atoms with Crippen LogP contribution in [-0.4, -0.2) is 39.3 Å². The minimum Gasteiger partial charge on any atom is -0.444 e. The van der Waals surface area contributed by atoms with Gasteiger partial charge in [-0.2, -0.15) is 0 Å². The second-order valence-electron chi connectivity index (χ2n) is 5.06. The van der Waals surface area contributed by atoms with Gasteiger partial charge in [-0.1, -0.05) is 0 Å². The number of ether oxygens (including phenoxy) is 1. The molecule has 1 unspecified atom stereocenters.